The number of aryl methyl sites for hydroxylation is 2. The van der Waals surface area contributed by atoms with Gasteiger partial charge in [-0.3, -0.25) is 14.4 Å². The summed E-state index contributed by atoms with van der Waals surface area (Å²) >= 11 is 0. The van der Waals surface area contributed by atoms with E-state index in [1.54, 1.807) is 0 Å². The van der Waals surface area contributed by atoms with Gasteiger partial charge in [0.25, 0.3) is 0 Å². The molecule has 1 unspecified atom stereocenters. The van der Waals surface area contributed by atoms with Gasteiger partial charge in [0.15, 0.2) is 5.65 Å². The zero-order valence-corrected chi connectivity index (χ0v) is 18.7. The summed E-state index contributed by atoms with van der Waals surface area (Å²) < 4.78 is 2.13. The first-order valence-corrected chi connectivity index (χ1v) is 11.0. The first-order chi connectivity index (χ1) is 15.6. The van der Waals surface area contributed by atoms with E-state index >= 15 is 0 Å². The van der Waals surface area contributed by atoms with Crippen molar-refractivity contribution in [2.45, 2.75) is 33.1 Å². The lowest BCUT2D eigenvalue weighted by molar-refractivity contribution is 0.735. The zero-order valence-electron chi connectivity index (χ0n) is 18.7. The third-order valence-electron chi connectivity index (χ3n) is 6.03. The van der Waals surface area contributed by atoms with E-state index in [0.717, 1.165) is 34.7 Å². The average molecular weight is 419 g/mol. The second kappa shape index (κ2) is 8.39. The van der Waals surface area contributed by atoms with Crippen LogP contribution in [0.15, 0.2) is 85.5 Å². The molecule has 0 aliphatic carbocycles. The van der Waals surface area contributed by atoms with Crippen LogP contribution in [0.5, 0.6) is 0 Å². The fourth-order valence-electron chi connectivity index (χ4n) is 4.31. The van der Waals surface area contributed by atoms with Crippen LogP contribution in [0.4, 0.5) is 0 Å². The standard InChI is InChI=1S/C28H26N4/c1-19-8-7-11-23(14-19)27-21(3)15-24(17-30-27)20(2)16-25-28-31-18-26(32(28)13-12-29-25)22-9-5-4-6-10-22/h4-15,17-18,20H,16H2,1-3H3. The van der Waals surface area contributed by atoms with Gasteiger partial charge in [-0.1, -0.05) is 67.1 Å². The normalized spacial score (nSPS) is 12.2. The number of rotatable bonds is 5. The van der Waals surface area contributed by atoms with Crippen molar-refractivity contribution in [3.63, 3.8) is 0 Å². The van der Waals surface area contributed by atoms with Gasteiger partial charge in [-0.2, -0.15) is 0 Å². The van der Waals surface area contributed by atoms with Gasteiger partial charge in [-0.05, 0) is 37.0 Å². The lowest BCUT2D eigenvalue weighted by atomic mass is 9.95. The molecule has 4 nitrogen and oxygen atoms in total. The third-order valence-corrected chi connectivity index (χ3v) is 6.03. The minimum atomic E-state index is 0.281. The first kappa shape index (κ1) is 20.1. The van der Waals surface area contributed by atoms with Crippen LogP contribution in [0.25, 0.3) is 28.2 Å². The average Bonchev–Trinajstić information content (AvgIpc) is 3.25. The van der Waals surface area contributed by atoms with E-state index in [1.165, 1.54) is 22.3 Å². The van der Waals surface area contributed by atoms with Crippen LogP contribution in [-0.4, -0.2) is 19.4 Å². The summed E-state index contributed by atoms with van der Waals surface area (Å²) in [4.78, 5) is 14.2. The van der Waals surface area contributed by atoms with Crippen LogP contribution < -0.4 is 0 Å². The maximum absolute atomic E-state index is 4.82. The fraction of sp³-hybridized carbons (Fsp3) is 0.179. The molecule has 0 aliphatic heterocycles. The van der Waals surface area contributed by atoms with E-state index in [1.807, 2.05) is 30.9 Å². The van der Waals surface area contributed by atoms with Crippen molar-refractivity contribution in [1.29, 1.82) is 0 Å². The molecule has 32 heavy (non-hydrogen) atoms. The van der Waals surface area contributed by atoms with Crippen LogP contribution in [-0.2, 0) is 6.42 Å². The second-order valence-electron chi connectivity index (χ2n) is 8.49. The van der Waals surface area contributed by atoms with Crippen molar-refractivity contribution >= 4 is 5.65 Å². The number of aromatic nitrogens is 4. The van der Waals surface area contributed by atoms with Gasteiger partial charge < -0.3 is 0 Å². The smallest absolute Gasteiger partial charge is 0.159 e. The summed E-state index contributed by atoms with van der Waals surface area (Å²) in [6.45, 7) is 6.48. The molecule has 0 N–H and O–H groups in total. The van der Waals surface area contributed by atoms with Crippen molar-refractivity contribution < 1.29 is 0 Å². The minimum absolute atomic E-state index is 0.281. The molecule has 158 valence electrons. The summed E-state index contributed by atoms with van der Waals surface area (Å²) in [5, 5.41) is 0. The van der Waals surface area contributed by atoms with Gasteiger partial charge in [0.05, 0.1) is 23.3 Å². The topological polar surface area (TPSA) is 43.1 Å². The van der Waals surface area contributed by atoms with E-state index in [-0.39, 0.29) is 5.92 Å². The molecule has 0 saturated heterocycles. The van der Waals surface area contributed by atoms with Gasteiger partial charge in [-0.25, -0.2) is 4.98 Å². The Kier molecular flexibility index (Phi) is 5.28. The highest BCUT2D eigenvalue weighted by Crippen LogP contribution is 2.28. The number of nitrogens with zero attached hydrogens (tertiary/aromatic N) is 4. The Bertz CT molecular complexity index is 1390. The maximum atomic E-state index is 4.82. The Labute approximate surface area is 188 Å². The number of benzene rings is 2. The molecule has 1 atom stereocenters. The molecule has 0 amide bonds. The molecule has 0 bridgehead atoms. The molecule has 0 radical (unpaired) electrons. The van der Waals surface area contributed by atoms with Crippen LogP contribution in [0.1, 0.15) is 35.2 Å². The van der Waals surface area contributed by atoms with Gasteiger partial charge in [0, 0.05) is 36.1 Å². The quantitative estimate of drug-likeness (QED) is 0.331. The highest BCUT2D eigenvalue weighted by Gasteiger charge is 2.15. The molecule has 0 spiro atoms. The van der Waals surface area contributed by atoms with Crippen molar-refractivity contribution in [1.82, 2.24) is 19.4 Å². The Morgan fingerprint density at radius 3 is 2.44 bits per heavy atom. The predicted octanol–water partition coefficient (Wildman–Crippen LogP) is 6.42. The Hall–Kier alpha value is -3.79. The molecule has 0 fully saturated rings. The molecular formula is C28H26N4. The summed E-state index contributed by atoms with van der Waals surface area (Å²) in [5.74, 6) is 0.281. The van der Waals surface area contributed by atoms with E-state index < -0.39 is 0 Å². The highest BCUT2D eigenvalue weighted by atomic mass is 15.0. The van der Waals surface area contributed by atoms with E-state index in [9.17, 15) is 0 Å². The Balaban J connectivity index is 1.43. The minimum Gasteiger partial charge on any atom is -0.297 e. The summed E-state index contributed by atoms with van der Waals surface area (Å²) in [5.41, 5.74) is 10.0. The number of fused-ring (bicyclic) bond motifs is 1. The number of pyridine rings is 1. The predicted molar refractivity (Wildman–Crippen MR) is 130 cm³/mol. The van der Waals surface area contributed by atoms with E-state index in [4.69, 9.17) is 9.97 Å². The molecule has 5 aromatic rings. The van der Waals surface area contributed by atoms with Gasteiger partial charge in [0.1, 0.15) is 0 Å². The van der Waals surface area contributed by atoms with Crippen molar-refractivity contribution in [3.05, 3.63) is 108 Å². The monoisotopic (exact) mass is 418 g/mol. The number of imidazole rings is 1. The van der Waals surface area contributed by atoms with Gasteiger partial charge >= 0.3 is 0 Å². The molecule has 5 rings (SSSR count). The number of hydrogen-bond donors (Lipinski definition) is 0. The molecule has 2 aromatic carbocycles. The fourth-order valence-corrected chi connectivity index (χ4v) is 4.31. The largest absolute Gasteiger partial charge is 0.297 e. The molecule has 4 heteroatoms. The first-order valence-electron chi connectivity index (χ1n) is 11.0. The molecule has 3 heterocycles. The molecule has 0 saturated carbocycles. The highest BCUT2D eigenvalue weighted by molar-refractivity contribution is 5.65. The maximum Gasteiger partial charge on any atom is 0.159 e. The third kappa shape index (κ3) is 3.80. The second-order valence-corrected chi connectivity index (χ2v) is 8.49. The summed E-state index contributed by atoms with van der Waals surface area (Å²) in [7, 11) is 0. The summed E-state index contributed by atoms with van der Waals surface area (Å²) in [6.07, 6.45) is 8.61. The van der Waals surface area contributed by atoms with Crippen LogP contribution in [0, 0.1) is 13.8 Å². The molecule has 3 aromatic heterocycles. The van der Waals surface area contributed by atoms with Crippen LogP contribution >= 0.6 is 0 Å². The van der Waals surface area contributed by atoms with Gasteiger partial charge in [-0.15, -0.1) is 0 Å². The van der Waals surface area contributed by atoms with E-state index in [0.29, 0.717) is 0 Å². The Morgan fingerprint density at radius 2 is 1.66 bits per heavy atom. The van der Waals surface area contributed by atoms with Crippen molar-refractivity contribution in [2.75, 3.05) is 0 Å². The van der Waals surface area contributed by atoms with Crippen LogP contribution in [0.3, 0.4) is 0 Å². The van der Waals surface area contributed by atoms with E-state index in [2.05, 4.69) is 84.8 Å². The zero-order chi connectivity index (χ0) is 22.1. The lowest BCUT2D eigenvalue weighted by Gasteiger charge is -2.14. The SMILES string of the molecule is Cc1cccc(-c2ncc(C(C)Cc3nccn4c(-c5ccccc5)cnc34)cc2C)c1. The van der Waals surface area contributed by atoms with Crippen molar-refractivity contribution in [2.24, 2.45) is 0 Å². The number of hydrogen-bond acceptors (Lipinski definition) is 3. The summed E-state index contributed by atoms with van der Waals surface area (Å²) in [6, 6.07) is 21.1. The Morgan fingerprint density at radius 1 is 0.844 bits per heavy atom. The molecular weight excluding hydrogens is 392 g/mol. The molecule has 0 aliphatic rings. The lowest BCUT2D eigenvalue weighted by Crippen LogP contribution is -2.05. The van der Waals surface area contributed by atoms with Gasteiger partial charge in [0.2, 0.25) is 0 Å². The van der Waals surface area contributed by atoms with Crippen molar-refractivity contribution in [3.8, 4) is 22.5 Å². The van der Waals surface area contributed by atoms with Crippen LogP contribution in [0.2, 0.25) is 0 Å².